The SMILES string of the molecule is Cc1noc(C)c1[C@@H]1CCCN1C(=O)NCc1nnc(-c2ccccc2)o1. The van der Waals surface area contributed by atoms with E-state index >= 15 is 0 Å². The molecule has 1 N–H and O–H groups in total. The Kier molecular flexibility index (Phi) is 4.62. The Balaban J connectivity index is 1.41. The number of hydrogen-bond donors (Lipinski definition) is 1. The predicted octanol–water partition coefficient (Wildman–Crippen LogP) is 3.39. The number of carbonyl (C=O) groups excluding carboxylic acids is 1. The van der Waals surface area contributed by atoms with Crippen LogP contribution < -0.4 is 5.32 Å². The molecule has 140 valence electrons. The minimum Gasteiger partial charge on any atom is -0.419 e. The molecule has 27 heavy (non-hydrogen) atoms. The Labute approximate surface area is 156 Å². The van der Waals surface area contributed by atoms with E-state index in [1.54, 1.807) is 0 Å². The predicted molar refractivity (Wildman–Crippen MR) is 96.6 cm³/mol. The molecule has 8 heteroatoms. The molecule has 3 aromatic rings. The van der Waals surface area contributed by atoms with Crippen LogP contribution in [0.15, 0.2) is 39.3 Å². The topological polar surface area (TPSA) is 97.3 Å². The summed E-state index contributed by atoms with van der Waals surface area (Å²) in [7, 11) is 0. The third kappa shape index (κ3) is 3.42. The first-order valence-corrected chi connectivity index (χ1v) is 8.98. The summed E-state index contributed by atoms with van der Waals surface area (Å²) in [4.78, 5) is 14.5. The van der Waals surface area contributed by atoms with Crippen LogP contribution in [0.5, 0.6) is 0 Å². The lowest BCUT2D eigenvalue weighted by molar-refractivity contribution is 0.191. The summed E-state index contributed by atoms with van der Waals surface area (Å²) in [6, 6.07) is 9.36. The van der Waals surface area contributed by atoms with Gasteiger partial charge in [0.15, 0.2) is 0 Å². The van der Waals surface area contributed by atoms with E-state index in [0.717, 1.165) is 35.4 Å². The van der Waals surface area contributed by atoms with Crippen LogP contribution in [0.2, 0.25) is 0 Å². The van der Waals surface area contributed by atoms with Gasteiger partial charge in [0.1, 0.15) is 5.76 Å². The van der Waals surface area contributed by atoms with E-state index in [-0.39, 0.29) is 18.6 Å². The molecule has 1 aliphatic heterocycles. The highest BCUT2D eigenvalue weighted by atomic mass is 16.5. The molecule has 1 fully saturated rings. The van der Waals surface area contributed by atoms with Crippen molar-refractivity contribution in [1.29, 1.82) is 0 Å². The van der Waals surface area contributed by atoms with Crippen LogP contribution in [-0.4, -0.2) is 32.8 Å². The molecule has 1 saturated heterocycles. The van der Waals surface area contributed by atoms with E-state index in [2.05, 4.69) is 20.7 Å². The van der Waals surface area contributed by atoms with Gasteiger partial charge in [-0.05, 0) is 38.8 Å². The van der Waals surface area contributed by atoms with Crippen molar-refractivity contribution in [3.05, 3.63) is 53.2 Å². The summed E-state index contributed by atoms with van der Waals surface area (Å²) in [5.41, 5.74) is 2.69. The van der Waals surface area contributed by atoms with Gasteiger partial charge >= 0.3 is 6.03 Å². The van der Waals surface area contributed by atoms with E-state index < -0.39 is 0 Å². The van der Waals surface area contributed by atoms with E-state index in [1.807, 2.05) is 49.1 Å². The second kappa shape index (κ2) is 7.22. The highest BCUT2D eigenvalue weighted by Crippen LogP contribution is 2.35. The van der Waals surface area contributed by atoms with Crippen molar-refractivity contribution >= 4 is 6.03 Å². The fourth-order valence-corrected chi connectivity index (χ4v) is 3.55. The average molecular weight is 367 g/mol. The molecule has 0 bridgehead atoms. The van der Waals surface area contributed by atoms with E-state index in [1.165, 1.54) is 0 Å². The fraction of sp³-hybridized carbons (Fsp3) is 0.368. The van der Waals surface area contributed by atoms with Crippen LogP contribution in [0.25, 0.3) is 11.5 Å². The first-order chi connectivity index (χ1) is 13.1. The van der Waals surface area contributed by atoms with Gasteiger partial charge in [0, 0.05) is 17.7 Å². The first kappa shape index (κ1) is 17.3. The molecule has 4 rings (SSSR count). The van der Waals surface area contributed by atoms with E-state index in [4.69, 9.17) is 8.94 Å². The van der Waals surface area contributed by atoms with Crippen molar-refractivity contribution in [1.82, 2.24) is 25.6 Å². The van der Waals surface area contributed by atoms with Crippen molar-refractivity contribution in [2.45, 2.75) is 39.3 Å². The molecule has 0 spiro atoms. The maximum atomic E-state index is 12.7. The Hall–Kier alpha value is -3.16. The zero-order valence-electron chi connectivity index (χ0n) is 15.3. The van der Waals surface area contributed by atoms with E-state index in [0.29, 0.717) is 18.3 Å². The summed E-state index contributed by atoms with van der Waals surface area (Å²) in [6.45, 7) is 4.67. The van der Waals surface area contributed by atoms with Gasteiger partial charge in [0.2, 0.25) is 11.8 Å². The molecule has 2 aromatic heterocycles. The van der Waals surface area contributed by atoms with Crippen LogP contribution in [0.4, 0.5) is 4.79 Å². The van der Waals surface area contributed by atoms with Crippen molar-refractivity contribution in [2.75, 3.05) is 6.54 Å². The lowest BCUT2D eigenvalue weighted by Crippen LogP contribution is -2.39. The van der Waals surface area contributed by atoms with E-state index in [9.17, 15) is 4.79 Å². The summed E-state index contributed by atoms with van der Waals surface area (Å²) >= 11 is 0. The van der Waals surface area contributed by atoms with Crippen molar-refractivity contribution < 1.29 is 13.7 Å². The smallest absolute Gasteiger partial charge is 0.318 e. The second-order valence-corrected chi connectivity index (χ2v) is 6.61. The lowest BCUT2D eigenvalue weighted by Gasteiger charge is -2.24. The highest BCUT2D eigenvalue weighted by Gasteiger charge is 2.33. The summed E-state index contributed by atoms with van der Waals surface area (Å²) < 4.78 is 10.9. The maximum absolute atomic E-state index is 12.7. The molecule has 0 saturated carbocycles. The van der Waals surface area contributed by atoms with Gasteiger partial charge in [-0.2, -0.15) is 0 Å². The molecule has 1 aromatic carbocycles. The summed E-state index contributed by atoms with van der Waals surface area (Å²) in [5, 5.41) is 14.9. The zero-order valence-corrected chi connectivity index (χ0v) is 15.3. The quantitative estimate of drug-likeness (QED) is 0.759. The molecule has 2 amide bonds. The molecular formula is C19H21N5O3. The number of rotatable bonds is 4. The maximum Gasteiger partial charge on any atom is 0.318 e. The largest absolute Gasteiger partial charge is 0.419 e. The zero-order chi connectivity index (χ0) is 18.8. The molecule has 0 radical (unpaired) electrons. The Morgan fingerprint density at radius 3 is 2.81 bits per heavy atom. The molecule has 8 nitrogen and oxygen atoms in total. The summed E-state index contributed by atoms with van der Waals surface area (Å²) in [6.07, 6.45) is 1.84. The Morgan fingerprint density at radius 1 is 1.26 bits per heavy atom. The monoisotopic (exact) mass is 367 g/mol. The van der Waals surface area contributed by atoms with Crippen LogP contribution in [0.3, 0.4) is 0 Å². The third-order valence-electron chi connectivity index (χ3n) is 4.81. The van der Waals surface area contributed by atoms with Gasteiger partial charge in [-0.3, -0.25) is 0 Å². The van der Waals surface area contributed by atoms with Gasteiger partial charge in [-0.1, -0.05) is 23.4 Å². The normalized spacial score (nSPS) is 16.7. The Morgan fingerprint density at radius 2 is 2.07 bits per heavy atom. The number of likely N-dealkylation sites (tertiary alicyclic amines) is 1. The number of carbonyl (C=O) groups is 1. The molecule has 1 atom stereocenters. The second-order valence-electron chi connectivity index (χ2n) is 6.61. The van der Waals surface area contributed by atoms with Gasteiger partial charge < -0.3 is 19.2 Å². The minimum atomic E-state index is -0.156. The number of benzene rings is 1. The number of nitrogens with zero attached hydrogens (tertiary/aromatic N) is 4. The van der Waals surface area contributed by atoms with Gasteiger partial charge in [-0.25, -0.2) is 4.79 Å². The molecule has 0 aliphatic carbocycles. The van der Waals surface area contributed by atoms with Gasteiger partial charge in [0.05, 0.1) is 18.3 Å². The molecule has 0 unspecified atom stereocenters. The van der Waals surface area contributed by atoms with Crippen molar-refractivity contribution in [2.24, 2.45) is 0 Å². The van der Waals surface area contributed by atoms with Crippen LogP contribution in [0.1, 0.15) is 41.8 Å². The minimum absolute atomic E-state index is 0.0150. The molecule has 3 heterocycles. The van der Waals surface area contributed by atoms with Crippen LogP contribution in [0, 0.1) is 13.8 Å². The molecular weight excluding hydrogens is 346 g/mol. The van der Waals surface area contributed by atoms with Crippen molar-refractivity contribution in [3.63, 3.8) is 0 Å². The lowest BCUT2D eigenvalue weighted by atomic mass is 10.0. The van der Waals surface area contributed by atoms with Gasteiger partial charge in [0.25, 0.3) is 0 Å². The van der Waals surface area contributed by atoms with Crippen LogP contribution in [-0.2, 0) is 6.54 Å². The first-order valence-electron chi connectivity index (χ1n) is 8.98. The standard InChI is InChI=1S/C19H21N5O3/c1-12-17(13(2)27-23-12)15-9-6-10-24(15)19(25)20-11-16-21-22-18(26-16)14-7-4-3-5-8-14/h3-5,7-8,15H,6,9-11H2,1-2H3,(H,20,25)/t15-/m0/s1. The average Bonchev–Trinajstić information content (AvgIpc) is 3.41. The summed E-state index contributed by atoms with van der Waals surface area (Å²) in [5.74, 6) is 1.58. The number of aromatic nitrogens is 3. The molecule has 1 aliphatic rings. The van der Waals surface area contributed by atoms with Crippen LogP contribution >= 0.6 is 0 Å². The highest BCUT2D eigenvalue weighted by molar-refractivity contribution is 5.75. The number of amides is 2. The number of urea groups is 1. The fourth-order valence-electron chi connectivity index (χ4n) is 3.55. The van der Waals surface area contributed by atoms with Crippen molar-refractivity contribution in [3.8, 4) is 11.5 Å². The van der Waals surface area contributed by atoms with Gasteiger partial charge in [-0.15, -0.1) is 10.2 Å². The number of hydrogen-bond acceptors (Lipinski definition) is 6. The third-order valence-corrected chi connectivity index (χ3v) is 4.81. The Bertz CT molecular complexity index is 914. The number of nitrogens with one attached hydrogen (secondary N) is 1. The number of aryl methyl sites for hydroxylation is 2.